The predicted molar refractivity (Wildman–Crippen MR) is 98.7 cm³/mol. The normalized spacial score (nSPS) is 20.0. The third kappa shape index (κ3) is 4.44. The second-order valence-corrected chi connectivity index (χ2v) is 7.49. The molecule has 1 aliphatic rings. The Morgan fingerprint density at radius 1 is 1.18 bits per heavy atom. The van der Waals surface area contributed by atoms with Crippen molar-refractivity contribution in [1.82, 2.24) is 15.1 Å². The Morgan fingerprint density at radius 2 is 1.93 bits per heavy atom. The maximum atomic E-state index is 12.8. The van der Waals surface area contributed by atoms with Gasteiger partial charge in [0.05, 0.1) is 17.0 Å². The fourth-order valence-electron chi connectivity index (χ4n) is 3.70. The number of halogens is 3. The van der Waals surface area contributed by atoms with Crippen molar-refractivity contribution in [3.63, 3.8) is 0 Å². The predicted octanol–water partition coefficient (Wildman–Crippen LogP) is 3.94. The number of hydrogen-bond donors (Lipinski definition) is 2. The molecule has 28 heavy (non-hydrogen) atoms. The first-order valence-electron chi connectivity index (χ1n) is 9.28. The highest BCUT2D eigenvalue weighted by Gasteiger charge is 2.31. The number of rotatable bonds is 3. The number of aromatic nitrogens is 2. The highest BCUT2D eigenvalue weighted by Crippen LogP contribution is 2.37. The largest absolute Gasteiger partial charge is 0.507 e. The summed E-state index contributed by atoms with van der Waals surface area (Å²) in [4.78, 5) is 2.19. The number of nitrogens with zero attached hydrogens (tertiary/aromatic N) is 3. The number of likely N-dealkylation sites (tertiary alicyclic amines) is 1. The molecule has 1 aromatic carbocycles. The molecule has 2 atom stereocenters. The topological polar surface area (TPSA) is 69.5 Å². The second kappa shape index (κ2) is 8.05. The van der Waals surface area contributed by atoms with E-state index in [1.165, 1.54) is 6.07 Å². The molecule has 0 amide bonds. The summed E-state index contributed by atoms with van der Waals surface area (Å²) in [6.07, 6.45) is -2.27. The van der Waals surface area contributed by atoms with E-state index in [1.54, 1.807) is 13.0 Å². The van der Waals surface area contributed by atoms with Gasteiger partial charge in [0.2, 0.25) is 0 Å². The summed E-state index contributed by atoms with van der Waals surface area (Å²) >= 11 is 0. The highest BCUT2D eigenvalue weighted by molar-refractivity contribution is 5.69. The van der Waals surface area contributed by atoms with Crippen LogP contribution in [0.1, 0.15) is 42.2 Å². The quantitative estimate of drug-likeness (QED) is 0.824. The van der Waals surface area contributed by atoms with Gasteiger partial charge in [0.15, 0.2) is 0 Å². The van der Waals surface area contributed by atoms with Crippen molar-refractivity contribution in [2.24, 2.45) is 5.92 Å². The second-order valence-electron chi connectivity index (χ2n) is 7.49. The number of aliphatic hydroxyl groups is 1. The fourth-order valence-corrected chi connectivity index (χ4v) is 3.70. The number of benzene rings is 1. The molecular formula is C20H24F3N3O2. The minimum atomic E-state index is -4.53. The number of hydrogen-bond acceptors (Lipinski definition) is 5. The van der Waals surface area contributed by atoms with E-state index in [0.717, 1.165) is 38.4 Å². The van der Waals surface area contributed by atoms with Crippen molar-refractivity contribution in [3.8, 4) is 17.0 Å². The smallest absolute Gasteiger partial charge is 0.416 e. The van der Waals surface area contributed by atoms with Crippen LogP contribution in [0.2, 0.25) is 0 Å². The molecule has 2 heterocycles. The van der Waals surface area contributed by atoms with Crippen LogP contribution in [-0.2, 0) is 6.18 Å². The van der Waals surface area contributed by atoms with Gasteiger partial charge in [-0.3, -0.25) is 0 Å². The Kier molecular flexibility index (Phi) is 5.90. The van der Waals surface area contributed by atoms with Gasteiger partial charge in [-0.05, 0) is 63.2 Å². The minimum Gasteiger partial charge on any atom is -0.507 e. The summed E-state index contributed by atoms with van der Waals surface area (Å²) in [7, 11) is 2.03. The van der Waals surface area contributed by atoms with Gasteiger partial charge in [-0.1, -0.05) is 6.42 Å². The van der Waals surface area contributed by atoms with E-state index in [2.05, 4.69) is 15.1 Å². The maximum Gasteiger partial charge on any atom is 0.416 e. The molecule has 3 rings (SSSR count). The third-order valence-electron chi connectivity index (χ3n) is 5.24. The van der Waals surface area contributed by atoms with Crippen LogP contribution in [0.3, 0.4) is 0 Å². The maximum absolute atomic E-state index is 12.8. The summed E-state index contributed by atoms with van der Waals surface area (Å²) < 4.78 is 38.4. The molecule has 0 saturated carbocycles. The molecule has 0 radical (unpaired) electrons. The van der Waals surface area contributed by atoms with E-state index in [-0.39, 0.29) is 11.5 Å². The van der Waals surface area contributed by atoms with Crippen molar-refractivity contribution in [3.05, 3.63) is 41.1 Å². The van der Waals surface area contributed by atoms with E-state index >= 15 is 0 Å². The van der Waals surface area contributed by atoms with E-state index in [4.69, 9.17) is 0 Å². The van der Waals surface area contributed by atoms with E-state index in [1.807, 2.05) is 7.05 Å². The number of aryl methyl sites for hydroxylation is 1. The van der Waals surface area contributed by atoms with E-state index < -0.39 is 23.6 Å². The molecule has 0 spiro atoms. The van der Waals surface area contributed by atoms with Gasteiger partial charge in [0.25, 0.3) is 0 Å². The van der Waals surface area contributed by atoms with Crippen LogP contribution in [0.5, 0.6) is 5.75 Å². The monoisotopic (exact) mass is 395 g/mol. The van der Waals surface area contributed by atoms with Gasteiger partial charge in [0, 0.05) is 18.0 Å². The standard InChI is InChI=1S/C20H24F3N3O2/c1-12-9-16(19(28)13-5-3-4-8-26(2)11-13)24-25-18(12)15-7-6-14(10-17(15)27)20(21,22)23/h6-7,9-10,13,19,27-28H,3-5,8,11H2,1-2H3. The van der Waals surface area contributed by atoms with Crippen LogP contribution in [0.25, 0.3) is 11.3 Å². The molecule has 2 unspecified atom stereocenters. The Morgan fingerprint density at radius 3 is 2.57 bits per heavy atom. The lowest BCUT2D eigenvalue weighted by molar-refractivity contribution is -0.137. The van der Waals surface area contributed by atoms with Crippen molar-refractivity contribution in [1.29, 1.82) is 0 Å². The fraction of sp³-hybridized carbons (Fsp3) is 0.500. The van der Waals surface area contributed by atoms with Crippen molar-refractivity contribution in [2.45, 2.75) is 38.5 Å². The third-order valence-corrected chi connectivity index (χ3v) is 5.24. The lowest BCUT2D eigenvalue weighted by atomic mass is 9.93. The van der Waals surface area contributed by atoms with Crippen molar-refractivity contribution in [2.75, 3.05) is 20.1 Å². The van der Waals surface area contributed by atoms with E-state index in [9.17, 15) is 23.4 Å². The Balaban J connectivity index is 1.86. The van der Waals surface area contributed by atoms with E-state index in [0.29, 0.717) is 23.0 Å². The molecule has 2 N–H and O–H groups in total. The van der Waals surface area contributed by atoms with Gasteiger partial charge in [-0.15, -0.1) is 5.10 Å². The summed E-state index contributed by atoms with van der Waals surface area (Å²) in [5.74, 6) is -0.461. The molecule has 1 saturated heterocycles. The van der Waals surface area contributed by atoms with Gasteiger partial charge in [0.1, 0.15) is 11.9 Å². The zero-order valence-corrected chi connectivity index (χ0v) is 15.9. The van der Waals surface area contributed by atoms with Crippen LogP contribution < -0.4 is 0 Å². The summed E-state index contributed by atoms with van der Waals surface area (Å²) in [6.45, 7) is 3.50. The first-order chi connectivity index (χ1) is 13.2. The lowest BCUT2D eigenvalue weighted by Gasteiger charge is -2.24. The average Bonchev–Trinajstić information content (AvgIpc) is 2.85. The first kappa shape index (κ1) is 20.5. The SMILES string of the molecule is Cc1cc(C(O)C2CCCCN(C)C2)nnc1-c1ccc(C(F)(F)F)cc1O. The molecule has 152 valence electrons. The van der Waals surface area contributed by atoms with Crippen molar-refractivity contribution < 1.29 is 23.4 Å². The van der Waals surface area contributed by atoms with Gasteiger partial charge >= 0.3 is 6.18 Å². The summed E-state index contributed by atoms with van der Waals surface area (Å²) in [6, 6.07) is 4.46. The number of phenols is 1. The molecule has 1 aliphatic heterocycles. The Hall–Kier alpha value is -2.19. The molecule has 1 fully saturated rings. The zero-order valence-electron chi connectivity index (χ0n) is 15.9. The number of phenolic OH excluding ortho intramolecular Hbond substituents is 1. The van der Waals surface area contributed by atoms with Crippen LogP contribution in [-0.4, -0.2) is 45.4 Å². The number of aromatic hydroxyl groups is 1. The van der Waals surface area contributed by atoms with Crippen LogP contribution >= 0.6 is 0 Å². The summed E-state index contributed by atoms with van der Waals surface area (Å²) in [5, 5.41) is 29.0. The first-order valence-corrected chi connectivity index (χ1v) is 9.28. The Bertz CT molecular complexity index is 842. The summed E-state index contributed by atoms with van der Waals surface area (Å²) in [5.41, 5.74) is 0.603. The average molecular weight is 395 g/mol. The number of aliphatic hydroxyl groups excluding tert-OH is 1. The molecule has 0 bridgehead atoms. The lowest BCUT2D eigenvalue weighted by Crippen LogP contribution is -2.28. The molecule has 1 aromatic heterocycles. The molecule has 0 aliphatic carbocycles. The Labute approximate surface area is 161 Å². The van der Waals surface area contributed by atoms with Gasteiger partial charge < -0.3 is 15.1 Å². The van der Waals surface area contributed by atoms with Crippen LogP contribution in [0.15, 0.2) is 24.3 Å². The van der Waals surface area contributed by atoms with Crippen molar-refractivity contribution >= 4 is 0 Å². The van der Waals surface area contributed by atoms with Gasteiger partial charge in [-0.25, -0.2) is 0 Å². The molecule has 2 aromatic rings. The zero-order chi connectivity index (χ0) is 20.5. The molecule has 5 nitrogen and oxygen atoms in total. The minimum absolute atomic E-state index is 0.0477. The highest BCUT2D eigenvalue weighted by atomic mass is 19.4. The van der Waals surface area contributed by atoms with Gasteiger partial charge in [-0.2, -0.15) is 18.3 Å². The van der Waals surface area contributed by atoms with Crippen LogP contribution in [0, 0.1) is 12.8 Å². The van der Waals surface area contributed by atoms with Crippen LogP contribution in [0.4, 0.5) is 13.2 Å². The number of alkyl halides is 3. The molecule has 8 heteroatoms. The molecular weight excluding hydrogens is 371 g/mol.